The van der Waals surface area contributed by atoms with Crippen molar-refractivity contribution in [3.05, 3.63) is 58.1 Å². The van der Waals surface area contributed by atoms with Crippen molar-refractivity contribution in [2.24, 2.45) is 0 Å². The van der Waals surface area contributed by atoms with E-state index in [2.05, 4.69) is 0 Å². The average Bonchev–Trinajstić information content (AvgIpc) is 2.60. The molecule has 138 valence electrons. The number of aryl methyl sites for hydroxylation is 1. The highest BCUT2D eigenvalue weighted by Crippen LogP contribution is 2.26. The van der Waals surface area contributed by atoms with Crippen LogP contribution in [-0.2, 0) is 4.79 Å². The summed E-state index contributed by atoms with van der Waals surface area (Å²) in [6.45, 7) is 4.38. The summed E-state index contributed by atoms with van der Waals surface area (Å²) in [4.78, 5) is 22.2. The van der Waals surface area contributed by atoms with Crippen LogP contribution in [0.15, 0.2) is 42.5 Å². The second kappa shape index (κ2) is 9.41. The van der Waals surface area contributed by atoms with E-state index in [1.54, 1.807) is 6.92 Å². The van der Waals surface area contributed by atoms with Crippen LogP contribution in [0.3, 0.4) is 0 Å². The number of esters is 1. The molecule has 0 aliphatic rings. The van der Waals surface area contributed by atoms with Crippen molar-refractivity contribution in [3.63, 3.8) is 0 Å². The van der Waals surface area contributed by atoms with Gasteiger partial charge in [-0.15, -0.1) is 0 Å². The Balaban J connectivity index is 1.79. The summed E-state index contributed by atoms with van der Waals surface area (Å²) in [6, 6.07) is 11.6. The van der Waals surface area contributed by atoms with Gasteiger partial charge in [0.15, 0.2) is 11.5 Å². The van der Waals surface area contributed by atoms with Crippen LogP contribution < -0.4 is 14.2 Å². The number of carbonyl (C=O) groups excluding carboxylic acids is 1. The highest BCUT2D eigenvalue weighted by Gasteiger charge is 2.13. The molecule has 0 aromatic heterocycles. The Labute approximate surface area is 151 Å². The number of hydrogen-bond acceptors (Lipinski definition) is 6. The Morgan fingerprint density at radius 3 is 2.42 bits per heavy atom. The van der Waals surface area contributed by atoms with E-state index in [0.717, 1.165) is 0 Å². The Morgan fingerprint density at radius 2 is 1.81 bits per heavy atom. The molecule has 0 fully saturated rings. The first-order chi connectivity index (χ1) is 12.5. The van der Waals surface area contributed by atoms with E-state index in [0.29, 0.717) is 42.4 Å². The number of nitrogens with zero attached hydrogens (tertiary/aromatic N) is 1. The summed E-state index contributed by atoms with van der Waals surface area (Å²) in [5, 5.41) is 10.8. The van der Waals surface area contributed by atoms with E-state index in [1.165, 1.54) is 18.2 Å². The molecule has 0 radical (unpaired) electrons. The van der Waals surface area contributed by atoms with Gasteiger partial charge in [-0.2, -0.15) is 0 Å². The molecule has 7 nitrogen and oxygen atoms in total. The SMILES string of the molecule is CCOc1ccccc1OCCCC(=O)Oc1ccc([N+](=O)[O-])c(C)c1. The number of carbonyl (C=O) groups is 1. The summed E-state index contributed by atoms with van der Waals surface area (Å²) in [7, 11) is 0. The van der Waals surface area contributed by atoms with Crippen LogP contribution in [-0.4, -0.2) is 24.1 Å². The van der Waals surface area contributed by atoms with Gasteiger partial charge in [-0.3, -0.25) is 14.9 Å². The first-order valence-corrected chi connectivity index (χ1v) is 8.31. The lowest BCUT2D eigenvalue weighted by Gasteiger charge is -2.11. The van der Waals surface area contributed by atoms with Crippen molar-refractivity contribution in [2.75, 3.05) is 13.2 Å². The van der Waals surface area contributed by atoms with Gasteiger partial charge in [-0.25, -0.2) is 0 Å². The molecular weight excluding hydrogens is 338 g/mol. The van der Waals surface area contributed by atoms with Crippen LogP contribution in [0.2, 0.25) is 0 Å². The molecule has 2 aromatic carbocycles. The molecule has 0 spiro atoms. The van der Waals surface area contributed by atoms with E-state index in [-0.39, 0.29) is 12.1 Å². The maximum atomic E-state index is 11.9. The molecule has 2 rings (SSSR count). The highest BCUT2D eigenvalue weighted by molar-refractivity contribution is 5.72. The fourth-order valence-electron chi connectivity index (χ4n) is 2.32. The van der Waals surface area contributed by atoms with Crippen LogP contribution >= 0.6 is 0 Å². The standard InChI is InChI=1S/C19H21NO6/c1-3-24-17-7-4-5-8-18(17)25-12-6-9-19(21)26-15-10-11-16(20(22)23)14(2)13-15/h4-5,7-8,10-11,13H,3,6,9,12H2,1-2H3. The van der Waals surface area contributed by atoms with Gasteiger partial charge in [-0.05, 0) is 44.5 Å². The van der Waals surface area contributed by atoms with Crippen LogP contribution in [0.4, 0.5) is 5.69 Å². The van der Waals surface area contributed by atoms with Gasteiger partial charge in [0.25, 0.3) is 5.69 Å². The van der Waals surface area contributed by atoms with Gasteiger partial charge >= 0.3 is 5.97 Å². The molecule has 0 saturated heterocycles. The minimum atomic E-state index is -0.474. The van der Waals surface area contributed by atoms with E-state index in [9.17, 15) is 14.9 Å². The van der Waals surface area contributed by atoms with Crippen molar-refractivity contribution in [3.8, 4) is 17.2 Å². The third kappa shape index (κ3) is 5.47. The number of nitro benzene ring substituents is 1. The van der Waals surface area contributed by atoms with Crippen molar-refractivity contribution in [2.45, 2.75) is 26.7 Å². The summed E-state index contributed by atoms with van der Waals surface area (Å²) >= 11 is 0. The number of ether oxygens (including phenoxy) is 3. The topological polar surface area (TPSA) is 87.9 Å². The van der Waals surface area contributed by atoms with Gasteiger partial charge < -0.3 is 14.2 Å². The van der Waals surface area contributed by atoms with E-state index >= 15 is 0 Å². The molecule has 2 aromatic rings. The molecule has 0 atom stereocenters. The van der Waals surface area contributed by atoms with E-state index < -0.39 is 10.9 Å². The molecular formula is C19H21NO6. The zero-order valence-electron chi connectivity index (χ0n) is 14.8. The lowest BCUT2D eigenvalue weighted by molar-refractivity contribution is -0.385. The normalized spacial score (nSPS) is 10.2. The minimum absolute atomic E-state index is 0.00818. The molecule has 0 unspecified atom stereocenters. The van der Waals surface area contributed by atoms with Crippen molar-refractivity contribution in [1.29, 1.82) is 0 Å². The minimum Gasteiger partial charge on any atom is -0.490 e. The number of benzene rings is 2. The maximum absolute atomic E-state index is 11.9. The predicted octanol–water partition coefficient (Wildman–Crippen LogP) is 4.07. The third-order valence-electron chi connectivity index (χ3n) is 3.53. The predicted molar refractivity (Wildman–Crippen MR) is 95.8 cm³/mol. The summed E-state index contributed by atoms with van der Waals surface area (Å²) in [5.41, 5.74) is 0.433. The number of nitro groups is 1. The molecule has 0 heterocycles. The molecule has 0 amide bonds. The summed E-state index contributed by atoms with van der Waals surface area (Å²) in [5.74, 6) is 1.17. The average molecular weight is 359 g/mol. The third-order valence-corrected chi connectivity index (χ3v) is 3.53. The lowest BCUT2D eigenvalue weighted by Crippen LogP contribution is -2.10. The lowest BCUT2D eigenvalue weighted by atomic mass is 10.2. The first kappa shape index (κ1) is 19.2. The van der Waals surface area contributed by atoms with Crippen molar-refractivity contribution < 1.29 is 23.9 Å². The molecule has 0 N–H and O–H groups in total. The summed E-state index contributed by atoms with van der Waals surface area (Å²) < 4.78 is 16.3. The van der Waals surface area contributed by atoms with Crippen molar-refractivity contribution >= 4 is 11.7 Å². The fraction of sp³-hybridized carbons (Fsp3) is 0.316. The Kier molecular flexibility index (Phi) is 6.96. The number of para-hydroxylation sites is 2. The molecule has 0 bridgehead atoms. The van der Waals surface area contributed by atoms with Crippen LogP contribution in [0.25, 0.3) is 0 Å². The second-order valence-electron chi connectivity index (χ2n) is 5.51. The number of hydrogen-bond donors (Lipinski definition) is 0. The van der Waals surface area contributed by atoms with Crippen LogP contribution in [0, 0.1) is 17.0 Å². The smallest absolute Gasteiger partial charge is 0.311 e. The van der Waals surface area contributed by atoms with Crippen LogP contribution in [0.5, 0.6) is 17.2 Å². The van der Waals surface area contributed by atoms with Gasteiger partial charge in [0.2, 0.25) is 0 Å². The largest absolute Gasteiger partial charge is 0.490 e. The quantitative estimate of drug-likeness (QED) is 0.220. The molecule has 0 saturated carbocycles. The highest BCUT2D eigenvalue weighted by atomic mass is 16.6. The monoisotopic (exact) mass is 359 g/mol. The van der Waals surface area contributed by atoms with Crippen LogP contribution in [0.1, 0.15) is 25.3 Å². The Hall–Kier alpha value is -3.09. The van der Waals surface area contributed by atoms with Gasteiger partial charge in [0.05, 0.1) is 18.1 Å². The first-order valence-electron chi connectivity index (χ1n) is 8.31. The zero-order valence-corrected chi connectivity index (χ0v) is 14.8. The Bertz CT molecular complexity index is 774. The van der Waals surface area contributed by atoms with Crippen molar-refractivity contribution in [1.82, 2.24) is 0 Å². The van der Waals surface area contributed by atoms with Gasteiger partial charge in [-0.1, -0.05) is 12.1 Å². The van der Waals surface area contributed by atoms with E-state index in [1.807, 2.05) is 31.2 Å². The zero-order chi connectivity index (χ0) is 18.9. The van der Waals surface area contributed by atoms with E-state index in [4.69, 9.17) is 14.2 Å². The second-order valence-corrected chi connectivity index (χ2v) is 5.51. The molecule has 0 aliphatic carbocycles. The molecule has 26 heavy (non-hydrogen) atoms. The van der Waals surface area contributed by atoms with Gasteiger partial charge in [0.1, 0.15) is 5.75 Å². The molecule has 0 aliphatic heterocycles. The summed E-state index contributed by atoms with van der Waals surface area (Å²) in [6.07, 6.45) is 0.651. The Morgan fingerprint density at radius 1 is 1.12 bits per heavy atom. The molecule has 7 heteroatoms. The number of rotatable bonds is 9. The maximum Gasteiger partial charge on any atom is 0.311 e. The van der Waals surface area contributed by atoms with Gasteiger partial charge in [0, 0.05) is 18.1 Å². The fourth-order valence-corrected chi connectivity index (χ4v) is 2.32.